The van der Waals surface area contributed by atoms with E-state index in [9.17, 15) is 4.39 Å². The van der Waals surface area contributed by atoms with Crippen molar-refractivity contribution >= 4 is 5.69 Å². The van der Waals surface area contributed by atoms with Gasteiger partial charge in [-0.1, -0.05) is 6.92 Å². The molecular weight excluding hydrogens is 231 g/mol. The molecule has 3 nitrogen and oxygen atoms in total. The minimum absolute atomic E-state index is 0.187. The molecular formula is C14H21FN2O. The Morgan fingerprint density at radius 2 is 2.22 bits per heavy atom. The van der Waals surface area contributed by atoms with Crippen LogP contribution in [0.3, 0.4) is 0 Å². The lowest BCUT2D eigenvalue weighted by Crippen LogP contribution is -2.47. The van der Waals surface area contributed by atoms with Gasteiger partial charge in [0.25, 0.3) is 0 Å². The number of nitrogens with one attached hydrogen (secondary N) is 1. The SMILES string of the molecule is CCC(CN)(Nc1cc(OC)ccc1F)C1CC1. The van der Waals surface area contributed by atoms with Gasteiger partial charge in [0, 0.05) is 12.6 Å². The summed E-state index contributed by atoms with van der Waals surface area (Å²) in [5, 5.41) is 3.32. The summed E-state index contributed by atoms with van der Waals surface area (Å²) in [5.41, 5.74) is 6.20. The third-order valence-electron chi connectivity index (χ3n) is 3.91. The highest BCUT2D eigenvalue weighted by Crippen LogP contribution is 2.43. The third kappa shape index (κ3) is 2.43. The molecule has 0 spiro atoms. The molecule has 100 valence electrons. The average molecular weight is 252 g/mol. The fourth-order valence-electron chi connectivity index (χ4n) is 2.47. The van der Waals surface area contributed by atoms with Gasteiger partial charge in [0.2, 0.25) is 0 Å². The van der Waals surface area contributed by atoms with Crippen molar-refractivity contribution in [2.45, 2.75) is 31.7 Å². The lowest BCUT2D eigenvalue weighted by Gasteiger charge is -2.34. The van der Waals surface area contributed by atoms with E-state index < -0.39 is 0 Å². The van der Waals surface area contributed by atoms with Crippen molar-refractivity contribution in [3.8, 4) is 5.75 Å². The number of nitrogens with two attached hydrogens (primary N) is 1. The van der Waals surface area contributed by atoms with E-state index in [-0.39, 0.29) is 11.4 Å². The molecule has 1 aromatic carbocycles. The van der Waals surface area contributed by atoms with E-state index in [2.05, 4.69) is 12.2 Å². The summed E-state index contributed by atoms with van der Waals surface area (Å²) in [6, 6.07) is 4.73. The zero-order valence-electron chi connectivity index (χ0n) is 11.0. The first kappa shape index (κ1) is 13.1. The molecule has 0 amide bonds. The molecule has 1 aliphatic carbocycles. The topological polar surface area (TPSA) is 47.3 Å². The average Bonchev–Trinajstić information content (AvgIpc) is 3.23. The molecule has 0 aliphatic heterocycles. The first-order valence-electron chi connectivity index (χ1n) is 6.47. The van der Waals surface area contributed by atoms with Crippen LogP contribution >= 0.6 is 0 Å². The van der Waals surface area contributed by atoms with Gasteiger partial charge in [-0.3, -0.25) is 0 Å². The molecule has 1 unspecified atom stereocenters. The second-order valence-electron chi connectivity index (χ2n) is 4.96. The molecule has 4 heteroatoms. The number of halogens is 1. The van der Waals surface area contributed by atoms with Crippen molar-refractivity contribution in [1.82, 2.24) is 0 Å². The third-order valence-corrected chi connectivity index (χ3v) is 3.91. The van der Waals surface area contributed by atoms with E-state index in [1.165, 1.54) is 18.9 Å². The van der Waals surface area contributed by atoms with Gasteiger partial charge in [-0.15, -0.1) is 0 Å². The van der Waals surface area contributed by atoms with Gasteiger partial charge in [-0.25, -0.2) is 4.39 Å². The zero-order chi connectivity index (χ0) is 13.2. The van der Waals surface area contributed by atoms with E-state index in [0.29, 0.717) is 23.9 Å². The fraction of sp³-hybridized carbons (Fsp3) is 0.571. The van der Waals surface area contributed by atoms with E-state index in [1.807, 2.05) is 0 Å². The summed E-state index contributed by atoms with van der Waals surface area (Å²) >= 11 is 0. The molecule has 1 saturated carbocycles. The Bertz CT molecular complexity index is 414. The highest BCUT2D eigenvalue weighted by molar-refractivity contribution is 5.52. The summed E-state index contributed by atoms with van der Waals surface area (Å²) in [4.78, 5) is 0. The maximum atomic E-state index is 13.8. The van der Waals surface area contributed by atoms with Gasteiger partial charge < -0.3 is 15.8 Å². The Balaban J connectivity index is 2.25. The quantitative estimate of drug-likeness (QED) is 0.818. The number of hydrogen-bond donors (Lipinski definition) is 2. The van der Waals surface area contributed by atoms with Crippen LogP contribution in [0, 0.1) is 11.7 Å². The Labute approximate surface area is 108 Å². The predicted octanol–water partition coefficient (Wildman–Crippen LogP) is 2.76. The van der Waals surface area contributed by atoms with Gasteiger partial charge in [0.1, 0.15) is 11.6 Å². The number of hydrogen-bond acceptors (Lipinski definition) is 3. The molecule has 0 radical (unpaired) electrons. The Morgan fingerprint density at radius 1 is 1.50 bits per heavy atom. The number of anilines is 1. The van der Waals surface area contributed by atoms with E-state index in [4.69, 9.17) is 10.5 Å². The minimum atomic E-state index is -0.261. The van der Waals surface area contributed by atoms with Gasteiger partial charge in [-0.2, -0.15) is 0 Å². The van der Waals surface area contributed by atoms with Gasteiger partial charge in [0.05, 0.1) is 18.3 Å². The zero-order valence-corrected chi connectivity index (χ0v) is 11.0. The van der Waals surface area contributed by atoms with Crippen molar-refractivity contribution in [1.29, 1.82) is 0 Å². The maximum Gasteiger partial charge on any atom is 0.146 e. The Kier molecular flexibility index (Phi) is 3.76. The van der Waals surface area contributed by atoms with E-state index in [1.54, 1.807) is 19.2 Å². The first-order valence-corrected chi connectivity index (χ1v) is 6.47. The van der Waals surface area contributed by atoms with Gasteiger partial charge >= 0.3 is 0 Å². The lowest BCUT2D eigenvalue weighted by molar-refractivity contribution is 0.398. The smallest absolute Gasteiger partial charge is 0.146 e. The van der Waals surface area contributed by atoms with E-state index in [0.717, 1.165) is 6.42 Å². The van der Waals surface area contributed by atoms with Crippen LogP contribution in [0.1, 0.15) is 26.2 Å². The summed E-state index contributed by atoms with van der Waals surface area (Å²) in [7, 11) is 1.58. The minimum Gasteiger partial charge on any atom is -0.497 e. The standard InChI is InChI=1S/C14H21FN2O/c1-3-14(9-16,10-4-5-10)17-13-8-11(18-2)6-7-12(13)15/h6-8,10,17H,3-5,9,16H2,1-2H3. The molecule has 2 rings (SSSR count). The number of methoxy groups -OCH3 is 1. The molecule has 1 fully saturated rings. The van der Waals surface area contributed by atoms with Crippen LogP contribution in [0.15, 0.2) is 18.2 Å². The predicted molar refractivity (Wildman–Crippen MR) is 71.4 cm³/mol. The first-order chi connectivity index (χ1) is 8.65. The van der Waals surface area contributed by atoms with Crippen molar-refractivity contribution < 1.29 is 9.13 Å². The molecule has 0 bridgehead atoms. The molecule has 3 N–H and O–H groups in total. The molecule has 1 atom stereocenters. The Morgan fingerprint density at radius 3 is 2.72 bits per heavy atom. The van der Waals surface area contributed by atoms with Crippen LogP contribution in [0.5, 0.6) is 5.75 Å². The Hall–Kier alpha value is -1.29. The van der Waals surface area contributed by atoms with Crippen LogP contribution in [-0.2, 0) is 0 Å². The highest BCUT2D eigenvalue weighted by Gasteiger charge is 2.43. The van der Waals surface area contributed by atoms with Crippen molar-refractivity contribution in [2.24, 2.45) is 11.7 Å². The normalized spacial score (nSPS) is 18.2. The molecule has 1 aromatic rings. The lowest BCUT2D eigenvalue weighted by atomic mass is 9.89. The summed E-state index contributed by atoms with van der Waals surface area (Å²) < 4.78 is 19.0. The van der Waals surface area contributed by atoms with Crippen LogP contribution < -0.4 is 15.8 Å². The summed E-state index contributed by atoms with van der Waals surface area (Å²) in [5.74, 6) is 0.942. The molecule has 18 heavy (non-hydrogen) atoms. The van der Waals surface area contributed by atoms with E-state index >= 15 is 0 Å². The van der Waals surface area contributed by atoms with Crippen LogP contribution in [-0.4, -0.2) is 19.2 Å². The molecule has 0 heterocycles. The monoisotopic (exact) mass is 252 g/mol. The largest absolute Gasteiger partial charge is 0.497 e. The van der Waals surface area contributed by atoms with Crippen molar-refractivity contribution in [3.05, 3.63) is 24.0 Å². The van der Waals surface area contributed by atoms with Crippen LogP contribution in [0.2, 0.25) is 0 Å². The second-order valence-corrected chi connectivity index (χ2v) is 4.96. The van der Waals surface area contributed by atoms with Crippen LogP contribution in [0.25, 0.3) is 0 Å². The van der Waals surface area contributed by atoms with Crippen molar-refractivity contribution in [3.63, 3.8) is 0 Å². The molecule has 1 aliphatic rings. The fourth-order valence-corrected chi connectivity index (χ4v) is 2.47. The van der Waals surface area contributed by atoms with Gasteiger partial charge in [-0.05, 0) is 37.3 Å². The van der Waals surface area contributed by atoms with Crippen LogP contribution in [0.4, 0.5) is 10.1 Å². The highest BCUT2D eigenvalue weighted by atomic mass is 19.1. The van der Waals surface area contributed by atoms with Gasteiger partial charge in [0.15, 0.2) is 0 Å². The maximum absolute atomic E-state index is 13.8. The molecule has 0 saturated heterocycles. The number of rotatable bonds is 6. The molecule has 0 aromatic heterocycles. The summed E-state index contributed by atoms with van der Waals surface area (Å²) in [6.45, 7) is 2.61. The summed E-state index contributed by atoms with van der Waals surface area (Å²) in [6.07, 6.45) is 3.23. The number of benzene rings is 1. The van der Waals surface area contributed by atoms with Crippen molar-refractivity contribution in [2.75, 3.05) is 19.0 Å². The number of ether oxygens (including phenoxy) is 1. The second kappa shape index (κ2) is 5.14.